The van der Waals surface area contributed by atoms with Crippen LogP contribution in [0.15, 0.2) is 76.9 Å². The SMILES string of the molecule is CC(C)COc1cccc(/C(O)=C2/C(=O)C(=O)N(c3ccc(C(C)(C)C)cc3)C2c2ccco2)c1. The van der Waals surface area contributed by atoms with E-state index < -0.39 is 17.7 Å². The van der Waals surface area contributed by atoms with Gasteiger partial charge < -0.3 is 14.3 Å². The van der Waals surface area contributed by atoms with E-state index >= 15 is 0 Å². The minimum absolute atomic E-state index is 0.0224. The van der Waals surface area contributed by atoms with Crippen molar-refractivity contribution in [1.29, 1.82) is 0 Å². The topological polar surface area (TPSA) is 80.0 Å². The summed E-state index contributed by atoms with van der Waals surface area (Å²) in [6.07, 6.45) is 1.48. The van der Waals surface area contributed by atoms with Crippen molar-refractivity contribution < 1.29 is 23.8 Å². The summed E-state index contributed by atoms with van der Waals surface area (Å²) in [7, 11) is 0. The maximum Gasteiger partial charge on any atom is 0.300 e. The number of carbonyl (C=O) groups is 2. The Morgan fingerprint density at radius 2 is 1.77 bits per heavy atom. The van der Waals surface area contributed by atoms with E-state index in [9.17, 15) is 14.7 Å². The third-order valence-electron chi connectivity index (χ3n) is 5.96. The molecule has 0 radical (unpaired) electrons. The molecule has 0 saturated carbocycles. The number of benzene rings is 2. The van der Waals surface area contributed by atoms with E-state index in [1.807, 2.05) is 38.1 Å². The second-order valence-corrected chi connectivity index (χ2v) is 10.2. The Hall–Kier alpha value is -3.80. The molecule has 0 aliphatic carbocycles. The smallest absolute Gasteiger partial charge is 0.300 e. The highest BCUT2D eigenvalue weighted by molar-refractivity contribution is 6.51. The summed E-state index contributed by atoms with van der Waals surface area (Å²) in [5, 5.41) is 11.3. The molecule has 2 aromatic carbocycles. The van der Waals surface area contributed by atoms with Gasteiger partial charge in [-0.25, -0.2) is 0 Å². The van der Waals surface area contributed by atoms with Gasteiger partial charge in [0.05, 0.1) is 18.4 Å². The summed E-state index contributed by atoms with van der Waals surface area (Å²) in [4.78, 5) is 27.9. The largest absolute Gasteiger partial charge is 0.507 e. The van der Waals surface area contributed by atoms with Crippen molar-refractivity contribution >= 4 is 23.1 Å². The summed E-state index contributed by atoms with van der Waals surface area (Å²) in [6, 6.07) is 16.9. The minimum atomic E-state index is -0.897. The fraction of sp³-hybridized carbons (Fsp3) is 0.310. The van der Waals surface area contributed by atoms with Gasteiger partial charge in [0.25, 0.3) is 11.7 Å². The normalized spacial score (nSPS) is 17.9. The van der Waals surface area contributed by atoms with Gasteiger partial charge in [-0.2, -0.15) is 0 Å². The average Bonchev–Trinajstić information content (AvgIpc) is 3.44. The molecule has 1 atom stereocenters. The number of Topliss-reactive ketones (excluding diaryl/α,β-unsaturated/α-hetero) is 1. The van der Waals surface area contributed by atoms with Crippen molar-refractivity contribution in [3.63, 3.8) is 0 Å². The first-order valence-electron chi connectivity index (χ1n) is 11.8. The van der Waals surface area contributed by atoms with Crippen LogP contribution < -0.4 is 9.64 Å². The summed E-state index contributed by atoms with van der Waals surface area (Å²) in [5.41, 5.74) is 1.96. The Bertz CT molecular complexity index is 1250. The second kappa shape index (κ2) is 9.45. The van der Waals surface area contributed by atoms with Crippen molar-refractivity contribution in [2.75, 3.05) is 11.5 Å². The molecule has 35 heavy (non-hydrogen) atoms. The summed E-state index contributed by atoms with van der Waals surface area (Å²) in [5.74, 6) is -0.460. The lowest BCUT2D eigenvalue weighted by Crippen LogP contribution is -2.29. The summed E-state index contributed by atoms with van der Waals surface area (Å²) >= 11 is 0. The molecule has 4 rings (SSSR count). The van der Waals surface area contributed by atoms with Crippen LogP contribution in [0, 0.1) is 5.92 Å². The lowest BCUT2D eigenvalue weighted by Gasteiger charge is -2.25. The number of rotatable bonds is 6. The molecule has 182 valence electrons. The molecule has 6 nitrogen and oxygen atoms in total. The summed E-state index contributed by atoms with van der Waals surface area (Å²) < 4.78 is 11.4. The highest BCUT2D eigenvalue weighted by Gasteiger charge is 2.48. The molecule has 6 heteroatoms. The molecule has 1 saturated heterocycles. The molecule has 3 aromatic rings. The zero-order chi connectivity index (χ0) is 25.3. The van der Waals surface area contributed by atoms with Gasteiger partial charge in [-0.1, -0.05) is 58.9 Å². The maximum absolute atomic E-state index is 13.3. The second-order valence-electron chi connectivity index (χ2n) is 10.2. The Balaban J connectivity index is 1.80. The summed E-state index contributed by atoms with van der Waals surface area (Å²) in [6.45, 7) is 10.9. The highest BCUT2D eigenvalue weighted by atomic mass is 16.5. The van der Waals surface area contributed by atoms with Gasteiger partial charge in [0.1, 0.15) is 23.3 Å². The van der Waals surface area contributed by atoms with Crippen LogP contribution in [0.4, 0.5) is 5.69 Å². The molecule has 1 aliphatic heterocycles. The van der Waals surface area contributed by atoms with Gasteiger partial charge in [-0.3, -0.25) is 14.5 Å². The van der Waals surface area contributed by atoms with Crippen LogP contribution in [-0.4, -0.2) is 23.4 Å². The van der Waals surface area contributed by atoms with Crippen LogP contribution in [0.3, 0.4) is 0 Å². The van der Waals surface area contributed by atoms with Crippen LogP contribution >= 0.6 is 0 Å². The number of furan rings is 1. The van der Waals surface area contributed by atoms with Crippen molar-refractivity contribution in [2.45, 2.75) is 46.1 Å². The predicted octanol–water partition coefficient (Wildman–Crippen LogP) is 6.24. The molecule has 0 bridgehead atoms. The number of ether oxygens (including phenoxy) is 1. The van der Waals surface area contributed by atoms with Crippen molar-refractivity contribution in [1.82, 2.24) is 0 Å². The minimum Gasteiger partial charge on any atom is -0.507 e. The molecule has 1 amide bonds. The van der Waals surface area contributed by atoms with E-state index in [-0.39, 0.29) is 16.7 Å². The van der Waals surface area contributed by atoms with E-state index in [1.54, 1.807) is 36.4 Å². The molecule has 2 heterocycles. The maximum atomic E-state index is 13.3. The highest BCUT2D eigenvalue weighted by Crippen LogP contribution is 2.42. The molecular weight excluding hydrogens is 442 g/mol. The Kier molecular flexibility index (Phi) is 6.57. The Labute approximate surface area is 205 Å². The quantitative estimate of drug-likeness (QED) is 0.260. The number of amides is 1. The molecule has 1 aliphatic rings. The van der Waals surface area contributed by atoms with Gasteiger partial charge >= 0.3 is 0 Å². The van der Waals surface area contributed by atoms with Crippen LogP contribution in [0.5, 0.6) is 5.75 Å². The number of hydrogen-bond acceptors (Lipinski definition) is 5. The monoisotopic (exact) mass is 473 g/mol. The molecule has 1 aromatic heterocycles. The molecule has 1 N–H and O–H groups in total. The number of aliphatic hydroxyl groups excluding tert-OH is 1. The van der Waals surface area contributed by atoms with Crippen molar-refractivity contribution in [3.05, 3.63) is 89.4 Å². The zero-order valence-corrected chi connectivity index (χ0v) is 20.7. The number of carbonyl (C=O) groups excluding carboxylic acids is 2. The van der Waals surface area contributed by atoms with Gasteiger partial charge in [-0.15, -0.1) is 0 Å². The van der Waals surface area contributed by atoms with Gasteiger partial charge in [0.2, 0.25) is 0 Å². The Morgan fingerprint density at radius 3 is 2.37 bits per heavy atom. The fourth-order valence-electron chi connectivity index (χ4n) is 4.09. The fourth-order valence-corrected chi connectivity index (χ4v) is 4.09. The number of anilines is 1. The molecule has 0 spiro atoms. The molecular formula is C29H31NO5. The van der Waals surface area contributed by atoms with Gasteiger partial charge in [-0.05, 0) is 53.3 Å². The van der Waals surface area contributed by atoms with Gasteiger partial charge in [0, 0.05) is 11.3 Å². The zero-order valence-electron chi connectivity index (χ0n) is 20.7. The van der Waals surface area contributed by atoms with Crippen LogP contribution in [0.25, 0.3) is 5.76 Å². The van der Waals surface area contributed by atoms with Gasteiger partial charge in [0.15, 0.2) is 0 Å². The lowest BCUT2D eigenvalue weighted by molar-refractivity contribution is -0.132. The number of nitrogens with zero attached hydrogens (tertiary/aromatic N) is 1. The van der Waals surface area contributed by atoms with E-state index in [0.29, 0.717) is 35.3 Å². The first kappa shape index (κ1) is 24.3. The van der Waals surface area contributed by atoms with E-state index in [4.69, 9.17) is 9.15 Å². The third-order valence-corrected chi connectivity index (χ3v) is 5.96. The predicted molar refractivity (Wildman–Crippen MR) is 135 cm³/mol. The van der Waals surface area contributed by atoms with Crippen molar-refractivity contribution in [3.8, 4) is 5.75 Å². The van der Waals surface area contributed by atoms with E-state index in [1.165, 1.54) is 11.2 Å². The van der Waals surface area contributed by atoms with Crippen LogP contribution in [0.1, 0.15) is 57.5 Å². The van der Waals surface area contributed by atoms with Crippen LogP contribution in [-0.2, 0) is 15.0 Å². The van der Waals surface area contributed by atoms with Crippen molar-refractivity contribution in [2.24, 2.45) is 5.92 Å². The number of hydrogen-bond donors (Lipinski definition) is 1. The lowest BCUT2D eigenvalue weighted by atomic mass is 9.87. The van der Waals surface area contributed by atoms with E-state index in [2.05, 4.69) is 20.8 Å². The third kappa shape index (κ3) is 4.87. The molecule has 1 fully saturated rings. The first-order valence-corrected chi connectivity index (χ1v) is 11.8. The Morgan fingerprint density at radius 1 is 1.06 bits per heavy atom. The van der Waals surface area contributed by atoms with Crippen LogP contribution in [0.2, 0.25) is 0 Å². The molecule has 1 unspecified atom stereocenters. The van der Waals surface area contributed by atoms with E-state index in [0.717, 1.165) is 5.56 Å². The standard InChI is InChI=1S/C29H31NO5/c1-18(2)17-35-22-9-6-8-19(16-22)26(31)24-25(23-10-7-15-34-23)30(28(33)27(24)32)21-13-11-20(12-14-21)29(3,4)5/h6-16,18,25,31H,17H2,1-5H3/b26-24-. The first-order chi connectivity index (χ1) is 16.6. The number of aliphatic hydroxyl groups is 1. The average molecular weight is 474 g/mol. The number of ketones is 1.